The van der Waals surface area contributed by atoms with Crippen molar-refractivity contribution in [3.05, 3.63) is 30.1 Å². The van der Waals surface area contributed by atoms with E-state index in [-0.39, 0.29) is 18.0 Å². The van der Waals surface area contributed by atoms with E-state index in [2.05, 4.69) is 20.9 Å². The van der Waals surface area contributed by atoms with Crippen molar-refractivity contribution in [2.45, 2.75) is 64.0 Å². The number of hydrogen-bond donors (Lipinski definition) is 3. The van der Waals surface area contributed by atoms with Crippen LogP contribution in [0.3, 0.4) is 0 Å². The van der Waals surface area contributed by atoms with Gasteiger partial charge in [-0.3, -0.25) is 9.78 Å². The van der Waals surface area contributed by atoms with Crippen molar-refractivity contribution < 1.29 is 9.59 Å². The number of urea groups is 1. The molecule has 1 aliphatic rings. The van der Waals surface area contributed by atoms with Crippen molar-refractivity contribution in [3.8, 4) is 0 Å². The van der Waals surface area contributed by atoms with Gasteiger partial charge in [0, 0.05) is 31.4 Å². The molecule has 0 radical (unpaired) electrons. The number of carbonyl (C=O) groups is 2. The zero-order chi connectivity index (χ0) is 17.2. The molecule has 132 valence electrons. The summed E-state index contributed by atoms with van der Waals surface area (Å²) in [5, 5.41) is 8.79. The summed E-state index contributed by atoms with van der Waals surface area (Å²) in [7, 11) is 0. The third-order valence-corrected chi connectivity index (χ3v) is 4.39. The first-order valence-electron chi connectivity index (χ1n) is 8.89. The minimum absolute atomic E-state index is 0.00574. The molecule has 1 atom stereocenters. The Morgan fingerprint density at radius 2 is 1.92 bits per heavy atom. The van der Waals surface area contributed by atoms with Gasteiger partial charge in [0.05, 0.1) is 6.04 Å². The van der Waals surface area contributed by atoms with E-state index >= 15 is 0 Å². The highest BCUT2D eigenvalue weighted by Gasteiger charge is 2.15. The molecule has 0 aromatic carbocycles. The van der Waals surface area contributed by atoms with Crippen LogP contribution in [0.5, 0.6) is 0 Å². The Balaban J connectivity index is 1.56. The Kier molecular flexibility index (Phi) is 7.52. The van der Waals surface area contributed by atoms with E-state index in [1.165, 1.54) is 19.3 Å². The first-order chi connectivity index (χ1) is 11.6. The molecule has 3 N–H and O–H groups in total. The van der Waals surface area contributed by atoms with Crippen LogP contribution in [-0.4, -0.2) is 29.5 Å². The molecule has 1 fully saturated rings. The van der Waals surface area contributed by atoms with Gasteiger partial charge in [-0.15, -0.1) is 0 Å². The smallest absolute Gasteiger partial charge is 0.315 e. The van der Waals surface area contributed by atoms with E-state index in [9.17, 15) is 9.59 Å². The molecular weight excluding hydrogens is 304 g/mol. The minimum atomic E-state index is -0.118. The summed E-state index contributed by atoms with van der Waals surface area (Å²) in [4.78, 5) is 27.7. The monoisotopic (exact) mass is 332 g/mol. The topological polar surface area (TPSA) is 83.1 Å². The third-order valence-electron chi connectivity index (χ3n) is 4.39. The van der Waals surface area contributed by atoms with Gasteiger partial charge in [-0.05, 0) is 43.9 Å². The maximum Gasteiger partial charge on any atom is 0.315 e. The fourth-order valence-electron chi connectivity index (χ4n) is 2.98. The summed E-state index contributed by atoms with van der Waals surface area (Å²) in [5.74, 6) is -0.00574. The molecule has 1 aromatic rings. The van der Waals surface area contributed by atoms with Crippen molar-refractivity contribution in [2.24, 2.45) is 0 Å². The Bertz CT molecular complexity index is 515. The maximum absolute atomic E-state index is 11.9. The summed E-state index contributed by atoms with van der Waals surface area (Å²) < 4.78 is 0. The van der Waals surface area contributed by atoms with E-state index in [0.717, 1.165) is 18.4 Å². The fraction of sp³-hybridized carbons (Fsp3) is 0.611. The van der Waals surface area contributed by atoms with Crippen molar-refractivity contribution in [3.63, 3.8) is 0 Å². The van der Waals surface area contributed by atoms with E-state index in [1.54, 1.807) is 12.4 Å². The molecule has 6 nitrogen and oxygen atoms in total. The van der Waals surface area contributed by atoms with Gasteiger partial charge < -0.3 is 16.0 Å². The van der Waals surface area contributed by atoms with Crippen molar-refractivity contribution in [2.75, 3.05) is 6.54 Å². The SMILES string of the molecule is CC(NC(=O)CCCNC(=O)NC1CCCCC1)c1ccncc1. The van der Waals surface area contributed by atoms with Crippen LogP contribution < -0.4 is 16.0 Å². The number of carbonyl (C=O) groups excluding carboxylic acids is 2. The molecule has 3 amide bonds. The fourth-order valence-corrected chi connectivity index (χ4v) is 2.98. The lowest BCUT2D eigenvalue weighted by molar-refractivity contribution is -0.121. The van der Waals surface area contributed by atoms with Crippen molar-refractivity contribution in [1.82, 2.24) is 20.9 Å². The van der Waals surface area contributed by atoms with Crippen molar-refractivity contribution >= 4 is 11.9 Å². The molecule has 0 aliphatic heterocycles. The highest BCUT2D eigenvalue weighted by atomic mass is 16.2. The summed E-state index contributed by atoms with van der Waals surface area (Å²) in [5.41, 5.74) is 1.03. The lowest BCUT2D eigenvalue weighted by atomic mass is 9.96. The number of rotatable bonds is 7. The van der Waals surface area contributed by atoms with Gasteiger partial charge in [0.1, 0.15) is 0 Å². The molecule has 0 bridgehead atoms. The second-order valence-corrected chi connectivity index (χ2v) is 6.41. The van der Waals surface area contributed by atoms with Gasteiger partial charge in [0.15, 0.2) is 0 Å². The van der Waals surface area contributed by atoms with Gasteiger partial charge in [-0.1, -0.05) is 19.3 Å². The minimum Gasteiger partial charge on any atom is -0.350 e. The number of aromatic nitrogens is 1. The second-order valence-electron chi connectivity index (χ2n) is 6.41. The molecule has 2 rings (SSSR count). The Hall–Kier alpha value is -2.11. The number of pyridine rings is 1. The Labute approximate surface area is 143 Å². The summed E-state index contributed by atoms with van der Waals surface area (Å²) in [6.07, 6.45) is 10.3. The second kappa shape index (κ2) is 9.90. The quantitative estimate of drug-likeness (QED) is 0.671. The van der Waals surface area contributed by atoms with Crippen LogP contribution in [0.1, 0.15) is 63.5 Å². The van der Waals surface area contributed by atoms with Gasteiger partial charge in [0.2, 0.25) is 5.91 Å². The van der Waals surface area contributed by atoms with Gasteiger partial charge in [0.25, 0.3) is 0 Å². The van der Waals surface area contributed by atoms with Crippen LogP contribution in [0.2, 0.25) is 0 Å². The normalized spacial score (nSPS) is 16.2. The number of hydrogen-bond acceptors (Lipinski definition) is 3. The Morgan fingerprint density at radius 3 is 2.62 bits per heavy atom. The van der Waals surface area contributed by atoms with E-state index in [0.29, 0.717) is 25.4 Å². The molecule has 1 unspecified atom stereocenters. The van der Waals surface area contributed by atoms with E-state index in [4.69, 9.17) is 0 Å². The molecule has 6 heteroatoms. The predicted molar refractivity (Wildman–Crippen MR) is 93.4 cm³/mol. The zero-order valence-electron chi connectivity index (χ0n) is 14.4. The van der Waals surface area contributed by atoms with Crippen LogP contribution in [0.15, 0.2) is 24.5 Å². The largest absolute Gasteiger partial charge is 0.350 e. The molecule has 0 spiro atoms. The van der Waals surface area contributed by atoms with Crippen LogP contribution in [0.25, 0.3) is 0 Å². The van der Waals surface area contributed by atoms with Crippen LogP contribution in [0, 0.1) is 0 Å². The zero-order valence-corrected chi connectivity index (χ0v) is 14.4. The lowest BCUT2D eigenvalue weighted by Gasteiger charge is -2.22. The average molecular weight is 332 g/mol. The van der Waals surface area contributed by atoms with E-state index in [1.807, 2.05) is 19.1 Å². The van der Waals surface area contributed by atoms with Gasteiger partial charge in [-0.2, -0.15) is 0 Å². The van der Waals surface area contributed by atoms with Gasteiger partial charge in [-0.25, -0.2) is 4.79 Å². The van der Waals surface area contributed by atoms with Crippen LogP contribution >= 0.6 is 0 Å². The number of nitrogens with zero attached hydrogens (tertiary/aromatic N) is 1. The van der Waals surface area contributed by atoms with Crippen molar-refractivity contribution in [1.29, 1.82) is 0 Å². The molecule has 1 aromatic heterocycles. The number of nitrogens with one attached hydrogen (secondary N) is 3. The molecule has 0 saturated heterocycles. The summed E-state index contributed by atoms with van der Waals surface area (Å²) in [6.45, 7) is 2.46. The molecular formula is C18H28N4O2. The van der Waals surface area contributed by atoms with Crippen LogP contribution in [-0.2, 0) is 4.79 Å². The molecule has 24 heavy (non-hydrogen) atoms. The first kappa shape index (κ1) is 18.2. The average Bonchev–Trinajstić information content (AvgIpc) is 2.60. The highest BCUT2D eigenvalue weighted by molar-refractivity contribution is 5.76. The van der Waals surface area contributed by atoms with Crippen LogP contribution in [0.4, 0.5) is 4.79 Å². The van der Waals surface area contributed by atoms with Gasteiger partial charge >= 0.3 is 6.03 Å². The highest BCUT2D eigenvalue weighted by Crippen LogP contribution is 2.17. The Morgan fingerprint density at radius 1 is 1.21 bits per heavy atom. The lowest BCUT2D eigenvalue weighted by Crippen LogP contribution is -2.43. The summed E-state index contributed by atoms with van der Waals surface area (Å²) >= 11 is 0. The van der Waals surface area contributed by atoms with E-state index < -0.39 is 0 Å². The molecule has 1 saturated carbocycles. The predicted octanol–water partition coefficient (Wildman–Crippen LogP) is 2.67. The summed E-state index contributed by atoms with van der Waals surface area (Å²) in [6, 6.07) is 3.93. The molecule has 1 aliphatic carbocycles. The third kappa shape index (κ3) is 6.56. The first-order valence-corrected chi connectivity index (χ1v) is 8.89. The number of amides is 3. The maximum atomic E-state index is 11.9. The molecule has 1 heterocycles. The standard InChI is InChI=1S/C18H28N4O2/c1-14(15-9-12-19-13-10-15)21-17(23)8-5-11-20-18(24)22-16-6-3-2-4-7-16/h9-10,12-14,16H,2-8,11H2,1H3,(H,21,23)(H2,20,22,24).